The zero-order chi connectivity index (χ0) is 13.5. The van der Waals surface area contributed by atoms with Gasteiger partial charge in [0.15, 0.2) is 0 Å². The van der Waals surface area contributed by atoms with E-state index in [9.17, 15) is 4.79 Å². The summed E-state index contributed by atoms with van der Waals surface area (Å²) in [4.78, 5) is 12.0. The Balaban J connectivity index is 2.46. The average molecular weight is 248 g/mol. The second-order valence-electron chi connectivity index (χ2n) is 5.27. The summed E-state index contributed by atoms with van der Waals surface area (Å²) in [6.07, 6.45) is 0.843. The Hall–Kier alpha value is -1.35. The van der Waals surface area contributed by atoms with Crippen molar-refractivity contribution >= 4 is 5.91 Å². The number of nitrogens with two attached hydrogens (primary N) is 1. The van der Waals surface area contributed by atoms with E-state index >= 15 is 0 Å². The van der Waals surface area contributed by atoms with Crippen LogP contribution in [-0.4, -0.2) is 12.5 Å². The Labute approximate surface area is 110 Å². The number of aryl methyl sites for hydroxylation is 1. The van der Waals surface area contributed by atoms with Crippen molar-refractivity contribution in [2.75, 3.05) is 6.54 Å². The maximum absolute atomic E-state index is 12.0. The SMILES string of the molecule is Cc1ccc(CNC(=O)C(CN)CC(C)C)cc1. The number of benzene rings is 1. The highest BCUT2D eigenvalue weighted by molar-refractivity contribution is 5.78. The third-order valence-electron chi connectivity index (χ3n) is 3.00. The Kier molecular flexibility index (Phi) is 5.86. The fourth-order valence-electron chi connectivity index (χ4n) is 1.92. The van der Waals surface area contributed by atoms with Crippen LogP contribution >= 0.6 is 0 Å². The van der Waals surface area contributed by atoms with Crippen LogP contribution in [0.4, 0.5) is 0 Å². The molecule has 0 spiro atoms. The summed E-state index contributed by atoms with van der Waals surface area (Å²) in [6.45, 7) is 7.26. The molecule has 0 saturated carbocycles. The van der Waals surface area contributed by atoms with Crippen LogP contribution in [0.25, 0.3) is 0 Å². The summed E-state index contributed by atoms with van der Waals surface area (Å²) < 4.78 is 0. The van der Waals surface area contributed by atoms with Crippen LogP contribution < -0.4 is 11.1 Å². The lowest BCUT2D eigenvalue weighted by Gasteiger charge is -2.16. The van der Waals surface area contributed by atoms with Crippen LogP contribution in [0.15, 0.2) is 24.3 Å². The van der Waals surface area contributed by atoms with Crippen molar-refractivity contribution in [3.8, 4) is 0 Å². The molecule has 1 amide bonds. The first-order valence-corrected chi connectivity index (χ1v) is 6.56. The molecule has 0 aromatic heterocycles. The van der Waals surface area contributed by atoms with E-state index in [1.807, 2.05) is 12.1 Å². The van der Waals surface area contributed by atoms with Gasteiger partial charge in [-0.1, -0.05) is 43.7 Å². The zero-order valence-corrected chi connectivity index (χ0v) is 11.6. The molecule has 0 fully saturated rings. The first-order valence-electron chi connectivity index (χ1n) is 6.56. The van der Waals surface area contributed by atoms with Crippen molar-refractivity contribution in [3.63, 3.8) is 0 Å². The highest BCUT2D eigenvalue weighted by atomic mass is 16.1. The van der Waals surface area contributed by atoms with Gasteiger partial charge in [-0.05, 0) is 24.8 Å². The standard InChI is InChI=1S/C15H24N2O/c1-11(2)8-14(9-16)15(18)17-10-13-6-4-12(3)5-7-13/h4-7,11,14H,8-10,16H2,1-3H3,(H,17,18). The van der Waals surface area contributed by atoms with Gasteiger partial charge in [-0.2, -0.15) is 0 Å². The van der Waals surface area contributed by atoms with E-state index in [1.54, 1.807) is 0 Å². The van der Waals surface area contributed by atoms with Crippen molar-refractivity contribution in [1.82, 2.24) is 5.32 Å². The normalized spacial score (nSPS) is 12.5. The smallest absolute Gasteiger partial charge is 0.224 e. The highest BCUT2D eigenvalue weighted by Gasteiger charge is 2.17. The first kappa shape index (κ1) is 14.7. The maximum atomic E-state index is 12.0. The Morgan fingerprint density at radius 2 is 1.89 bits per heavy atom. The van der Waals surface area contributed by atoms with Gasteiger partial charge in [-0.15, -0.1) is 0 Å². The molecular formula is C15H24N2O. The van der Waals surface area contributed by atoms with E-state index in [2.05, 4.69) is 38.2 Å². The molecule has 0 bridgehead atoms. The van der Waals surface area contributed by atoms with Crippen molar-refractivity contribution in [3.05, 3.63) is 35.4 Å². The fourth-order valence-corrected chi connectivity index (χ4v) is 1.92. The molecule has 18 heavy (non-hydrogen) atoms. The van der Waals surface area contributed by atoms with Crippen molar-refractivity contribution in [2.45, 2.75) is 33.7 Å². The minimum Gasteiger partial charge on any atom is -0.352 e. The molecule has 0 aliphatic heterocycles. The first-order chi connectivity index (χ1) is 8.52. The third-order valence-corrected chi connectivity index (χ3v) is 3.00. The van der Waals surface area contributed by atoms with Crippen LogP contribution in [0.5, 0.6) is 0 Å². The molecule has 1 unspecified atom stereocenters. The Morgan fingerprint density at radius 3 is 2.39 bits per heavy atom. The summed E-state index contributed by atoms with van der Waals surface area (Å²) in [6, 6.07) is 8.18. The Bertz CT molecular complexity index is 371. The monoisotopic (exact) mass is 248 g/mol. The average Bonchev–Trinajstić information content (AvgIpc) is 2.34. The van der Waals surface area contributed by atoms with Gasteiger partial charge in [-0.25, -0.2) is 0 Å². The van der Waals surface area contributed by atoms with E-state index in [1.165, 1.54) is 5.56 Å². The number of amides is 1. The predicted octanol–water partition coefficient (Wildman–Crippen LogP) is 2.23. The second-order valence-corrected chi connectivity index (χ2v) is 5.27. The Morgan fingerprint density at radius 1 is 1.28 bits per heavy atom. The van der Waals surface area contributed by atoms with E-state index in [0.717, 1.165) is 12.0 Å². The number of nitrogens with one attached hydrogen (secondary N) is 1. The van der Waals surface area contributed by atoms with E-state index in [0.29, 0.717) is 19.0 Å². The van der Waals surface area contributed by atoms with Gasteiger partial charge in [0, 0.05) is 13.1 Å². The molecule has 3 N–H and O–H groups in total. The van der Waals surface area contributed by atoms with Gasteiger partial charge in [0.25, 0.3) is 0 Å². The molecule has 0 aliphatic rings. The van der Waals surface area contributed by atoms with Gasteiger partial charge in [0.2, 0.25) is 5.91 Å². The van der Waals surface area contributed by atoms with Crippen molar-refractivity contribution < 1.29 is 4.79 Å². The number of hydrogen-bond donors (Lipinski definition) is 2. The molecule has 0 heterocycles. The molecule has 0 saturated heterocycles. The lowest BCUT2D eigenvalue weighted by atomic mass is 9.96. The van der Waals surface area contributed by atoms with Gasteiger partial charge >= 0.3 is 0 Å². The van der Waals surface area contributed by atoms with Gasteiger partial charge in [-0.3, -0.25) is 4.79 Å². The maximum Gasteiger partial charge on any atom is 0.224 e. The summed E-state index contributed by atoms with van der Waals surface area (Å²) in [5.74, 6) is 0.478. The van der Waals surface area contributed by atoms with Gasteiger partial charge in [0.1, 0.15) is 0 Å². The molecule has 0 aliphatic carbocycles. The molecule has 1 aromatic carbocycles. The van der Waals surface area contributed by atoms with Crippen LogP contribution in [-0.2, 0) is 11.3 Å². The fraction of sp³-hybridized carbons (Fsp3) is 0.533. The summed E-state index contributed by atoms with van der Waals surface area (Å²) in [7, 11) is 0. The van der Waals surface area contributed by atoms with Crippen molar-refractivity contribution in [1.29, 1.82) is 0 Å². The van der Waals surface area contributed by atoms with Crippen LogP contribution in [0.1, 0.15) is 31.4 Å². The molecule has 0 radical (unpaired) electrons. The number of carbonyl (C=O) groups excluding carboxylic acids is 1. The largest absolute Gasteiger partial charge is 0.352 e. The van der Waals surface area contributed by atoms with Crippen molar-refractivity contribution in [2.24, 2.45) is 17.6 Å². The zero-order valence-electron chi connectivity index (χ0n) is 11.6. The molecule has 3 heteroatoms. The summed E-state index contributed by atoms with van der Waals surface area (Å²) in [5, 5.41) is 2.96. The van der Waals surface area contributed by atoms with Gasteiger partial charge < -0.3 is 11.1 Å². The highest BCUT2D eigenvalue weighted by Crippen LogP contribution is 2.11. The van der Waals surface area contributed by atoms with E-state index in [-0.39, 0.29) is 11.8 Å². The van der Waals surface area contributed by atoms with Crippen LogP contribution in [0.2, 0.25) is 0 Å². The molecule has 1 aromatic rings. The lowest BCUT2D eigenvalue weighted by molar-refractivity contribution is -0.125. The number of carbonyl (C=O) groups is 1. The number of rotatable bonds is 6. The lowest BCUT2D eigenvalue weighted by Crippen LogP contribution is -2.35. The molecule has 100 valence electrons. The minimum atomic E-state index is -0.0737. The molecule has 1 rings (SSSR count). The molecular weight excluding hydrogens is 224 g/mol. The number of hydrogen-bond acceptors (Lipinski definition) is 2. The molecule has 3 nitrogen and oxygen atoms in total. The van der Waals surface area contributed by atoms with Gasteiger partial charge in [0.05, 0.1) is 5.92 Å². The summed E-state index contributed by atoms with van der Waals surface area (Å²) in [5.41, 5.74) is 8.00. The second kappa shape index (κ2) is 7.17. The quantitative estimate of drug-likeness (QED) is 0.811. The minimum absolute atomic E-state index is 0.0618. The molecule has 1 atom stereocenters. The van der Waals surface area contributed by atoms with Crippen LogP contribution in [0.3, 0.4) is 0 Å². The van der Waals surface area contributed by atoms with E-state index < -0.39 is 0 Å². The topological polar surface area (TPSA) is 55.1 Å². The van der Waals surface area contributed by atoms with Crippen LogP contribution in [0, 0.1) is 18.8 Å². The third kappa shape index (κ3) is 4.88. The predicted molar refractivity (Wildman–Crippen MR) is 75.0 cm³/mol. The van der Waals surface area contributed by atoms with E-state index in [4.69, 9.17) is 5.73 Å². The summed E-state index contributed by atoms with van der Waals surface area (Å²) >= 11 is 0.